The van der Waals surface area contributed by atoms with E-state index in [0.29, 0.717) is 4.90 Å². The molecule has 0 aliphatic rings. The first-order valence-corrected chi connectivity index (χ1v) is 13.1. The molecular weight excluding hydrogens is 428 g/mol. The molecule has 0 spiro atoms. The van der Waals surface area contributed by atoms with Crippen LogP contribution >= 0.6 is 0 Å². The molecule has 176 valence electrons. The van der Waals surface area contributed by atoms with Crippen LogP contribution in [0.5, 0.6) is 0 Å². The predicted molar refractivity (Wildman–Crippen MR) is 140 cm³/mol. The first kappa shape index (κ1) is 24.8. The van der Waals surface area contributed by atoms with E-state index in [9.17, 15) is 8.42 Å². The lowest BCUT2D eigenvalue weighted by Gasteiger charge is -2.28. The maximum absolute atomic E-state index is 14.0. The van der Waals surface area contributed by atoms with Gasteiger partial charge < -0.3 is 9.80 Å². The summed E-state index contributed by atoms with van der Waals surface area (Å²) in [5.41, 5.74) is 7.05. The van der Waals surface area contributed by atoms with E-state index in [0.717, 1.165) is 46.6 Å². The van der Waals surface area contributed by atoms with Crippen molar-refractivity contribution in [1.82, 2.24) is 0 Å². The molecule has 5 heteroatoms. The fraction of sp³-hybridized carbons (Fsp3) is 0.357. The SMILES string of the molecule is CCN(CC)c1c(C)cc(C(c2ccc(N(C)C)cc2)S(=O)(=O)c2ccc(C)cc2)cc1C. The van der Waals surface area contributed by atoms with E-state index in [1.54, 1.807) is 12.1 Å². The van der Waals surface area contributed by atoms with Gasteiger partial charge in [0.2, 0.25) is 0 Å². The normalized spacial score (nSPS) is 12.5. The van der Waals surface area contributed by atoms with Crippen molar-refractivity contribution in [3.63, 3.8) is 0 Å². The zero-order valence-electron chi connectivity index (χ0n) is 20.9. The minimum atomic E-state index is -3.66. The first-order valence-electron chi connectivity index (χ1n) is 11.5. The molecule has 0 bridgehead atoms. The van der Waals surface area contributed by atoms with Crippen molar-refractivity contribution in [2.45, 2.75) is 44.8 Å². The summed E-state index contributed by atoms with van der Waals surface area (Å²) in [5.74, 6) is 0. The van der Waals surface area contributed by atoms with Gasteiger partial charge in [-0.05, 0) is 81.1 Å². The summed E-state index contributed by atoms with van der Waals surface area (Å²) in [6.45, 7) is 12.2. The second-order valence-corrected chi connectivity index (χ2v) is 10.9. The molecule has 0 radical (unpaired) electrons. The molecule has 0 saturated carbocycles. The third-order valence-electron chi connectivity index (χ3n) is 6.27. The van der Waals surface area contributed by atoms with E-state index >= 15 is 0 Å². The molecule has 0 aromatic heterocycles. The zero-order valence-corrected chi connectivity index (χ0v) is 21.7. The molecule has 0 fully saturated rings. The molecule has 3 aromatic carbocycles. The molecule has 4 nitrogen and oxygen atoms in total. The standard InChI is InChI=1S/C28H36N2O2S/c1-8-30(9-2)27-21(4)18-24(19-22(27)5)28(23-12-14-25(15-13-23)29(6)7)33(31,32)26-16-10-20(3)11-17-26/h10-19,28H,8-9H2,1-7H3. The number of hydrogen-bond acceptors (Lipinski definition) is 4. The Morgan fingerprint density at radius 2 is 1.27 bits per heavy atom. The number of benzene rings is 3. The second kappa shape index (κ2) is 10.0. The Hall–Kier alpha value is -2.79. The lowest BCUT2D eigenvalue weighted by molar-refractivity contribution is 0.589. The molecular formula is C28H36N2O2S. The summed E-state index contributed by atoms with van der Waals surface area (Å²) >= 11 is 0. The fourth-order valence-electron chi connectivity index (χ4n) is 4.54. The molecule has 0 N–H and O–H groups in total. The van der Waals surface area contributed by atoms with Crippen LogP contribution < -0.4 is 9.80 Å². The van der Waals surface area contributed by atoms with Crippen molar-refractivity contribution in [2.75, 3.05) is 37.0 Å². The predicted octanol–water partition coefficient (Wildman–Crippen LogP) is 6.09. The monoisotopic (exact) mass is 464 g/mol. The fourth-order valence-corrected chi connectivity index (χ4v) is 6.34. The van der Waals surface area contributed by atoms with Crippen LogP contribution in [0.25, 0.3) is 0 Å². The van der Waals surface area contributed by atoms with Gasteiger partial charge in [0, 0.05) is 38.6 Å². The van der Waals surface area contributed by atoms with Crippen molar-refractivity contribution >= 4 is 21.2 Å². The zero-order chi connectivity index (χ0) is 24.3. The van der Waals surface area contributed by atoms with Gasteiger partial charge in [0.1, 0.15) is 5.25 Å². The van der Waals surface area contributed by atoms with E-state index in [4.69, 9.17) is 0 Å². The average Bonchev–Trinajstić information content (AvgIpc) is 2.77. The molecule has 3 rings (SSSR count). The van der Waals surface area contributed by atoms with Crippen molar-refractivity contribution in [3.05, 3.63) is 88.5 Å². The van der Waals surface area contributed by atoms with Gasteiger partial charge >= 0.3 is 0 Å². The van der Waals surface area contributed by atoms with Gasteiger partial charge in [0.05, 0.1) is 4.90 Å². The highest BCUT2D eigenvalue weighted by atomic mass is 32.2. The lowest BCUT2D eigenvalue weighted by atomic mass is 9.97. The van der Waals surface area contributed by atoms with Crippen molar-refractivity contribution in [2.24, 2.45) is 0 Å². The number of aryl methyl sites for hydroxylation is 3. The Morgan fingerprint density at radius 3 is 1.73 bits per heavy atom. The van der Waals surface area contributed by atoms with Crippen LogP contribution in [0.2, 0.25) is 0 Å². The quantitative estimate of drug-likeness (QED) is 0.405. The molecule has 3 aromatic rings. The molecule has 1 unspecified atom stereocenters. The van der Waals surface area contributed by atoms with Crippen LogP contribution in [0.15, 0.2) is 65.6 Å². The minimum Gasteiger partial charge on any atom is -0.378 e. The van der Waals surface area contributed by atoms with Gasteiger partial charge in [0.15, 0.2) is 9.84 Å². The van der Waals surface area contributed by atoms with Crippen LogP contribution in [0.4, 0.5) is 11.4 Å². The van der Waals surface area contributed by atoms with Crippen LogP contribution in [-0.2, 0) is 9.84 Å². The van der Waals surface area contributed by atoms with Gasteiger partial charge in [-0.25, -0.2) is 8.42 Å². The van der Waals surface area contributed by atoms with Crippen molar-refractivity contribution < 1.29 is 8.42 Å². The minimum absolute atomic E-state index is 0.345. The van der Waals surface area contributed by atoms with E-state index < -0.39 is 15.1 Å². The highest BCUT2D eigenvalue weighted by Crippen LogP contribution is 2.39. The van der Waals surface area contributed by atoms with Gasteiger partial charge in [-0.1, -0.05) is 42.0 Å². The highest BCUT2D eigenvalue weighted by Gasteiger charge is 2.32. The Bertz CT molecular complexity index is 1170. The van der Waals surface area contributed by atoms with E-state index in [-0.39, 0.29) is 0 Å². The molecule has 0 aliphatic heterocycles. The highest BCUT2D eigenvalue weighted by molar-refractivity contribution is 7.91. The largest absolute Gasteiger partial charge is 0.378 e. The maximum Gasteiger partial charge on any atom is 0.189 e. The summed E-state index contributed by atoms with van der Waals surface area (Å²) < 4.78 is 28.0. The van der Waals surface area contributed by atoms with E-state index in [1.807, 2.05) is 62.3 Å². The molecule has 0 heterocycles. The van der Waals surface area contributed by atoms with Gasteiger partial charge in [-0.2, -0.15) is 0 Å². The van der Waals surface area contributed by atoms with Crippen LogP contribution in [0, 0.1) is 20.8 Å². The third kappa shape index (κ3) is 5.09. The summed E-state index contributed by atoms with van der Waals surface area (Å²) in [7, 11) is 0.299. The lowest BCUT2D eigenvalue weighted by Crippen LogP contribution is -2.24. The van der Waals surface area contributed by atoms with Gasteiger partial charge in [-0.3, -0.25) is 0 Å². The van der Waals surface area contributed by atoms with E-state index in [2.05, 4.69) is 44.7 Å². The Balaban J connectivity index is 2.22. The third-order valence-corrected chi connectivity index (χ3v) is 8.36. The van der Waals surface area contributed by atoms with Crippen LogP contribution in [0.3, 0.4) is 0 Å². The van der Waals surface area contributed by atoms with Crippen molar-refractivity contribution in [1.29, 1.82) is 0 Å². The van der Waals surface area contributed by atoms with E-state index in [1.165, 1.54) is 5.69 Å². The first-order chi connectivity index (χ1) is 15.6. The van der Waals surface area contributed by atoms with Gasteiger partial charge in [0.25, 0.3) is 0 Å². The summed E-state index contributed by atoms with van der Waals surface area (Å²) in [5, 5.41) is -0.778. The Labute approximate surface area is 199 Å². The number of hydrogen-bond donors (Lipinski definition) is 0. The molecule has 0 amide bonds. The smallest absolute Gasteiger partial charge is 0.189 e. The number of anilines is 2. The summed E-state index contributed by atoms with van der Waals surface area (Å²) in [4.78, 5) is 4.68. The molecule has 1 atom stereocenters. The number of rotatable bonds is 8. The molecule has 0 aliphatic carbocycles. The summed E-state index contributed by atoms with van der Waals surface area (Å²) in [6, 6.07) is 19.1. The van der Waals surface area contributed by atoms with Gasteiger partial charge in [-0.15, -0.1) is 0 Å². The van der Waals surface area contributed by atoms with Crippen LogP contribution in [-0.4, -0.2) is 35.6 Å². The van der Waals surface area contributed by atoms with Crippen LogP contribution in [0.1, 0.15) is 46.9 Å². The Morgan fingerprint density at radius 1 is 0.758 bits per heavy atom. The topological polar surface area (TPSA) is 40.6 Å². The Kier molecular flexibility index (Phi) is 7.53. The second-order valence-electron chi connectivity index (χ2n) is 8.90. The number of sulfone groups is 1. The molecule has 0 saturated heterocycles. The van der Waals surface area contributed by atoms with Crippen molar-refractivity contribution in [3.8, 4) is 0 Å². The summed E-state index contributed by atoms with van der Waals surface area (Å²) in [6.07, 6.45) is 0. The molecule has 33 heavy (non-hydrogen) atoms. The number of nitrogens with zero attached hydrogens (tertiary/aromatic N) is 2. The maximum atomic E-state index is 14.0. The average molecular weight is 465 g/mol.